The Bertz CT molecular complexity index is 577. The molecular weight excluding hydrogens is 300 g/mol. The predicted molar refractivity (Wildman–Crippen MR) is 108 cm³/mol. The Kier molecular flexibility index (Phi) is 5.34. The minimum absolute atomic E-state index is 0.744. The fourth-order valence-electron chi connectivity index (χ4n) is 5.82. The predicted octanol–water partition coefficient (Wildman–Crippen LogP) is 7.61. The van der Waals surface area contributed by atoms with Gasteiger partial charge in [-0.25, -0.2) is 0 Å². The lowest BCUT2D eigenvalue weighted by atomic mass is 9.68. The molecule has 3 aliphatic rings. The van der Waals surface area contributed by atoms with Crippen molar-refractivity contribution in [1.82, 2.24) is 0 Å². The van der Waals surface area contributed by atoms with E-state index >= 15 is 0 Å². The second-order valence-corrected chi connectivity index (χ2v) is 9.09. The Labute approximate surface area is 155 Å². The van der Waals surface area contributed by atoms with Gasteiger partial charge >= 0.3 is 0 Å². The highest BCUT2D eigenvalue weighted by molar-refractivity contribution is 5.42. The quantitative estimate of drug-likeness (QED) is 0.496. The molecule has 0 heteroatoms. The molecule has 1 aromatic rings. The Morgan fingerprint density at radius 3 is 1.88 bits per heavy atom. The molecule has 3 aliphatic carbocycles. The Balaban J connectivity index is 1.29. The lowest BCUT2D eigenvalue weighted by Gasteiger charge is -2.38. The zero-order valence-corrected chi connectivity index (χ0v) is 16.3. The normalized spacial score (nSPS) is 37.2. The molecule has 0 radical (unpaired) electrons. The molecule has 3 saturated carbocycles. The second-order valence-electron chi connectivity index (χ2n) is 9.09. The number of benzene rings is 1. The number of rotatable bonds is 4. The highest BCUT2D eigenvalue weighted by atomic mass is 14.4. The van der Waals surface area contributed by atoms with Crippen molar-refractivity contribution in [2.75, 3.05) is 0 Å². The molecule has 0 aliphatic heterocycles. The molecule has 0 heterocycles. The fourth-order valence-corrected chi connectivity index (χ4v) is 5.82. The van der Waals surface area contributed by atoms with Crippen LogP contribution in [0.5, 0.6) is 0 Å². The largest absolute Gasteiger partial charge is 0.0878 e. The summed E-state index contributed by atoms with van der Waals surface area (Å²) in [6.45, 7) is 4.56. The summed E-state index contributed by atoms with van der Waals surface area (Å²) in [6, 6.07) is 9.71. The Hall–Kier alpha value is -1.04. The highest BCUT2D eigenvalue weighted by Gasteiger charge is 2.32. The van der Waals surface area contributed by atoms with Crippen LogP contribution in [0.3, 0.4) is 0 Å². The van der Waals surface area contributed by atoms with Gasteiger partial charge in [0, 0.05) is 5.92 Å². The van der Waals surface area contributed by atoms with E-state index in [2.05, 4.69) is 44.2 Å². The monoisotopic (exact) mass is 336 g/mol. The van der Waals surface area contributed by atoms with E-state index in [9.17, 15) is 0 Å². The zero-order chi connectivity index (χ0) is 17.2. The minimum Gasteiger partial charge on any atom is -0.0878 e. The van der Waals surface area contributed by atoms with Gasteiger partial charge < -0.3 is 0 Å². The van der Waals surface area contributed by atoms with Crippen molar-refractivity contribution in [3.63, 3.8) is 0 Å². The second kappa shape index (κ2) is 7.68. The van der Waals surface area contributed by atoms with E-state index in [1.807, 2.05) is 0 Å². The number of hydrogen-bond acceptors (Lipinski definition) is 0. The van der Waals surface area contributed by atoms with E-state index < -0.39 is 0 Å². The zero-order valence-electron chi connectivity index (χ0n) is 16.3. The lowest BCUT2D eigenvalue weighted by molar-refractivity contribution is 0.158. The van der Waals surface area contributed by atoms with E-state index in [1.165, 1.54) is 64.2 Å². The van der Waals surface area contributed by atoms with Gasteiger partial charge in [0.05, 0.1) is 0 Å². The maximum absolute atomic E-state index is 2.44. The Morgan fingerprint density at radius 2 is 1.36 bits per heavy atom. The van der Waals surface area contributed by atoms with E-state index in [1.54, 1.807) is 16.7 Å². The molecule has 0 nitrogen and oxygen atoms in total. The van der Waals surface area contributed by atoms with Gasteiger partial charge in [-0.3, -0.25) is 0 Å². The van der Waals surface area contributed by atoms with Crippen LogP contribution >= 0.6 is 0 Å². The molecule has 1 atom stereocenters. The van der Waals surface area contributed by atoms with E-state index in [0.717, 1.165) is 29.6 Å². The Morgan fingerprint density at radius 1 is 0.800 bits per heavy atom. The van der Waals surface area contributed by atoms with Crippen LogP contribution < -0.4 is 0 Å². The summed E-state index contributed by atoms with van der Waals surface area (Å²) in [4.78, 5) is 0. The first-order valence-electron chi connectivity index (χ1n) is 11.0. The van der Waals surface area contributed by atoms with Crippen LogP contribution in [0, 0.1) is 17.8 Å². The first-order chi connectivity index (χ1) is 12.3. The third kappa shape index (κ3) is 3.88. The summed E-state index contributed by atoms with van der Waals surface area (Å²) in [6.07, 6.45) is 16.9. The lowest BCUT2D eigenvalue weighted by Crippen LogP contribution is -2.25. The standard InChI is InChI=1S/C25H36/c1-3-18-5-7-20(8-6-18)21-9-11-22(12-10-21)23-13-15-24(16-14-23)25-17-19(25)4-2/h4,13-16,18,20-22,25H,3,5-12,17H2,1-2H3/b19-4+. The average molecular weight is 337 g/mol. The molecule has 25 heavy (non-hydrogen) atoms. The first kappa shape index (κ1) is 17.4. The van der Waals surface area contributed by atoms with Gasteiger partial charge in [0.2, 0.25) is 0 Å². The van der Waals surface area contributed by atoms with E-state index in [-0.39, 0.29) is 0 Å². The smallest absolute Gasteiger partial charge is 0.00857 e. The fraction of sp³-hybridized carbons (Fsp3) is 0.680. The molecule has 136 valence electrons. The maximum atomic E-state index is 2.44. The van der Waals surface area contributed by atoms with Crippen molar-refractivity contribution in [3.8, 4) is 0 Å². The molecule has 1 unspecified atom stereocenters. The summed E-state index contributed by atoms with van der Waals surface area (Å²) in [5, 5.41) is 0. The molecule has 0 spiro atoms. The number of hydrogen-bond donors (Lipinski definition) is 0. The van der Waals surface area contributed by atoms with Crippen molar-refractivity contribution in [2.24, 2.45) is 17.8 Å². The summed E-state index contributed by atoms with van der Waals surface area (Å²) < 4.78 is 0. The molecule has 0 N–H and O–H groups in total. The topological polar surface area (TPSA) is 0 Å². The molecule has 0 saturated heterocycles. The molecule has 1 aromatic carbocycles. The summed E-state index contributed by atoms with van der Waals surface area (Å²) in [5.74, 6) is 4.71. The minimum atomic E-state index is 0.744. The average Bonchev–Trinajstić information content (AvgIpc) is 3.48. The van der Waals surface area contributed by atoms with Crippen molar-refractivity contribution in [3.05, 3.63) is 47.0 Å². The van der Waals surface area contributed by atoms with Crippen molar-refractivity contribution in [1.29, 1.82) is 0 Å². The summed E-state index contributed by atoms with van der Waals surface area (Å²) in [7, 11) is 0. The molecule has 0 bridgehead atoms. The molecular formula is C25H36. The van der Waals surface area contributed by atoms with Gasteiger partial charge in [-0.1, -0.05) is 62.1 Å². The van der Waals surface area contributed by atoms with Crippen molar-refractivity contribution < 1.29 is 0 Å². The SMILES string of the molecule is C/C=C1\CC1c1ccc(C2CCC(C3CCC(CC)CC3)CC2)cc1. The summed E-state index contributed by atoms with van der Waals surface area (Å²) in [5.41, 5.74) is 4.78. The van der Waals surface area contributed by atoms with Crippen LogP contribution in [-0.2, 0) is 0 Å². The molecule has 0 aromatic heterocycles. The van der Waals surface area contributed by atoms with Gasteiger partial charge in [0.1, 0.15) is 0 Å². The van der Waals surface area contributed by atoms with Crippen molar-refractivity contribution >= 4 is 0 Å². The highest BCUT2D eigenvalue weighted by Crippen LogP contribution is 2.48. The maximum Gasteiger partial charge on any atom is 0.00857 e. The van der Waals surface area contributed by atoms with Gasteiger partial charge in [-0.05, 0) is 86.7 Å². The van der Waals surface area contributed by atoms with Crippen molar-refractivity contribution in [2.45, 2.75) is 89.9 Å². The van der Waals surface area contributed by atoms with Crippen LogP contribution in [0.1, 0.15) is 101 Å². The molecule has 3 fully saturated rings. The summed E-state index contributed by atoms with van der Waals surface area (Å²) >= 11 is 0. The van der Waals surface area contributed by atoms with Gasteiger partial charge in [0.25, 0.3) is 0 Å². The van der Waals surface area contributed by atoms with Gasteiger partial charge in [-0.2, -0.15) is 0 Å². The third-order valence-electron chi connectivity index (χ3n) is 7.82. The van der Waals surface area contributed by atoms with E-state index in [0.29, 0.717) is 0 Å². The third-order valence-corrected chi connectivity index (χ3v) is 7.82. The van der Waals surface area contributed by atoms with Crippen LogP contribution in [-0.4, -0.2) is 0 Å². The van der Waals surface area contributed by atoms with Crippen LogP contribution in [0.2, 0.25) is 0 Å². The molecule has 4 rings (SSSR count). The van der Waals surface area contributed by atoms with Crippen LogP contribution in [0.4, 0.5) is 0 Å². The van der Waals surface area contributed by atoms with Gasteiger partial charge in [0.15, 0.2) is 0 Å². The van der Waals surface area contributed by atoms with Crippen LogP contribution in [0.15, 0.2) is 35.9 Å². The number of allylic oxidation sites excluding steroid dienone is 2. The van der Waals surface area contributed by atoms with Crippen LogP contribution in [0.25, 0.3) is 0 Å². The molecule has 0 amide bonds. The van der Waals surface area contributed by atoms with Gasteiger partial charge in [-0.15, -0.1) is 0 Å². The van der Waals surface area contributed by atoms with E-state index in [4.69, 9.17) is 0 Å². The first-order valence-corrected chi connectivity index (χ1v) is 11.0.